The van der Waals surface area contributed by atoms with Crippen molar-refractivity contribution in [2.24, 2.45) is 0 Å². The van der Waals surface area contributed by atoms with Crippen LogP contribution in [0.5, 0.6) is 0 Å². The van der Waals surface area contributed by atoms with Gasteiger partial charge >= 0.3 is 6.41 Å². The van der Waals surface area contributed by atoms with E-state index in [1.807, 2.05) is 30.7 Å². The molecule has 2 rings (SSSR count). The molecule has 1 aromatic carbocycles. The maximum absolute atomic E-state index is 10.4. The zero-order chi connectivity index (χ0) is 8.39. The van der Waals surface area contributed by atoms with Crippen LogP contribution in [0.4, 0.5) is 5.69 Å². The third-order valence-electron chi connectivity index (χ3n) is 1.87. The molecule has 1 heterocycles. The van der Waals surface area contributed by atoms with Crippen LogP contribution in [0, 0.1) is 0 Å². The fourth-order valence-corrected chi connectivity index (χ4v) is 1.29. The Morgan fingerprint density at radius 2 is 2.25 bits per heavy atom. The highest BCUT2D eigenvalue weighted by molar-refractivity contribution is 5.77. The number of hydrogen-bond acceptors (Lipinski definition) is 2. The number of fused-ring (bicyclic) bond motifs is 1. The van der Waals surface area contributed by atoms with E-state index in [2.05, 4.69) is 0 Å². The second-order valence-corrected chi connectivity index (χ2v) is 2.63. The quantitative estimate of drug-likeness (QED) is 0.617. The van der Waals surface area contributed by atoms with Crippen molar-refractivity contribution in [2.45, 2.75) is 6.61 Å². The standard InChI is InChI=1S/C9H8NO2/c11-6-10-7-12-5-8-3-1-2-4-9(8)10/h1-4H,5,7H2. The zero-order valence-electron chi connectivity index (χ0n) is 6.49. The van der Waals surface area contributed by atoms with Gasteiger partial charge in [0.2, 0.25) is 0 Å². The van der Waals surface area contributed by atoms with Gasteiger partial charge in [-0.15, -0.1) is 0 Å². The summed E-state index contributed by atoms with van der Waals surface area (Å²) in [6.45, 7) is 0.884. The van der Waals surface area contributed by atoms with Crippen molar-refractivity contribution in [3.05, 3.63) is 29.8 Å². The van der Waals surface area contributed by atoms with Crippen LogP contribution in [0.1, 0.15) is 5.56 Å². The van der Waals surface area contributed by atoms with Crippen LogP contribution < -0.4 is 4.90 Å². The van der Waals surface area contributed by atoms with E-state index in [4.69, 9.17) is 4.74 Å². The first-order valence-corrected chi connectivity index (χ1v) is 3.73. The van der Waals surface area contributed by atoms with Gasteiger partial charge in [0.05, 0.1) is 12.3 Å². The molecule has 0 spiro atoms. The molecule has 0 unspecified atom stereocenters. The molecule has 0 atom stereocenters. The second kappa shape index (κ2) is 2.95. The summed E-state index contributed by atoms with van der Waals surface area (Å²) < 4.78 is 5.16. The summed E-state index contributed by atoms with van der Waals surface area (Å²) in [5, 5.41) is 0. The molecule has 3 nitrogen and oxygen atoms in total. The lowest BCUT2D eigenvalue weighted by Crippen LogP contribution is -2.29. The van der Waals surface area contributed by atoms with Crippen molar-refractivity contribution >= 4 is 12.1 Å². The summed E-state index contributed by atoms with van der Waals surface area (Å²) in [7, 11) is 0. The van der Waals surface area contributed by atoms with Crippen molar-refractivity contribution in [1.82, 2.24) is 0 Å². The van der Waals surface area contributed by atoms with E-state index in [0.717, 1.165) is 11.3 Å². The lowest BCUT2D eigenvalue weighted by molar-refractivity contribution is 0.118. The molecule has 1 radical (unpaired) electrons. The normalized spacial score (nSPS) is 15.5. The molecular formula is C9H8NO2. The van der Waals surface area contributed by atoms with Gasteiger partial charge in [-0.2, -0.15) is 0 Å². The summed E-state index contributed by atoms with van der Waals surface area (Å²) in [6.07, 6.45) is 1.82. The zero-order valence-corrected chi connectivity index (χ0v) is 6.49. The van der Waals surface area contributed by atoms with E-state index in [0.29, 0.717) is 13.3 Å². The number of carbonyl (C=O) groups excluding carboxylic acids is 1. The second-order valence-electron chi connectivity index (χ2n) is 2.63. The number of amides is 1. The average molecular weight is 162 g/mol. The lowest BCUT2D eigenvalue weighted by atomic mass is 10.1. The molecule has 61 valence electrons. The van der Waals surface area contributed by atoms with Crippen molar-refractivity contribution in [3.63, 3.8) is 0 Å². The molecule has 0 fully saturated rings. The number of nitrogens with zero attached hydrogens (tertiary/aromatic N) is 1. The van der Waals surface area contributed by atoms with Gasteiger partial charge in [-0.3, -0.25) is 9.69 Å². The van der Waals surface area contributed by atoms with Gasteiger partial charge in [-0.05, 0) is 6.07 Å². The Bertz CT molecular complexity index is 298. The monoisotopic (exact) mass is 162 g/mol. The number of rotatable bonds is 1. The Morgan fingerprint density at radius 1 is 1.42 bits per heavy atom. The van der Waals surface area contributed by atoms with Crippen molar-refractivity contribution in [3.8, 4) is 0 Å². The van der Waals surface area contributed by atoms with Gasteiger partial charge < -0.3 is 4.74 Å². The largest absolute Gasteiger partial charge is 0.356 e. The third-order valence-corrected chi connectivity index (χ3v) is 1.87. The lowest BCUT2D eigenvalue weighted by Gasteiger charge is -2.24. The van der Waals surface area contributed by atoms with Gasteiger partial charge in [0, 0.05) is 5.56 Å². The summed E-state index contributed by atoms with van der Waals surface area (Å²) in [5.74, 6) is 0. The molecule has 0 aliphatic carbocycles. The van der Waals surface area contributed by atoms with Crippen LogP contribution in [0.15, 0.2) is 24.3 Å². The van der Waals surface area contributed by atoms with E-state index in [1.54, 1.807) is 0 Å². The fourth-order valence-electron chi connectivity index (χ4n) is 1.29. The van der Waals surface area contributed by atoms with E-state index < -0.39 is 0 Å². The van der Waals surface area contributed by atoms with Crippen LogP contribution in [0.2, 0.25) is 0 Å². The predicted molar refractivity (Wildman–Crippen MR) is 44.3 cm³/mol. The van der Waals surface area contributed by atoms with Crippen molar-refractivity contribution in [1.29, 1.82) is 0 Å². The van der Waals surface area contributed by atoms with E-state index in [1.165, 1.54) is 4.90 Å². The van der Waals surface area contributed by atoms with Crippen LogP contribution >= 0.6 is 0 Å². The number of benzene rings is 1. The Labute approximate surface area is 70.6 Å². The van der Waals surface area contributed by atoms with E-state index in [9.17, 15) is 4.79 Å². The highest BCUT2D eigenvalue weighted by Crippen LogP contribution is 2.23. The minimum atomic E-state index is 0.306. The highest BCUT2D eigenvalue weighted by Gasteiger charge is 2.15. The number of para-hydroxylation sites is 1. The molecule has 0 saturated carbocycles. The molecule has 0 aromatic heterocycles. The van der Waals surface area contributed by atoms with E-state index >= 15 is 0 Å². The topological polar surface area (TPSA) is 29.5 Å². The van der Waals surface area contributed by atoms with Gasteiger partial charge in [0.25, 0.3) is 0 Å². The molecule has 0 bridgehead atoms. The minimum Gasteiger partial charge on any atom is -0.356 e. The summed E-state index contributed by atoms with van der Waals surface area (Å²) in [5.41, 5.74) is 1.94. The van der Waals surface area contributed by atoms with Gasteiger partial charge in [0.15, 0.2) is 0 Å². The first-order chi connectivity index (χ1) is 5.92. The molecule has 0 saturated heterocycles. The minimum absolute atomic E-state index is 0.306. The molecular weight excluding hydrogens is 154 g/mol. The SMILES string of the molecule is O=[C]N1COCc2ccccc21. The maximum Gasteiger partial charge on any atom is 0.318 e. The van der Waals surface area contributed by atoms with Crippen LogP contribution in [0.25, 0.3) is 0 Å². The fraction of sp³-hybridized carbons (Fsp3) is 0.222. The van der Waals surface area contributed by atoms with Crippen molar-refractivity contribution in [2.75, 3.05) is 11.6 Å². The van der Waals surface area contributed by atoms with Gasteiger partial charge in [-0.25, -0.2) is 0 Å². The first-order valence-electron chi connectivity index (χ1n) is 3.73. The number of ether oxygens (including phenoxy) is 1. The molecule has 1 amide bonds. The Balaban J connectivity index is 2.43. The average Bonchev–Trinajstić information content (AvgIpc) is 2.17. The Kier molecular flexibility index (Phi) is 1.80. The molecule has 3 heteroatoms. The van der Waals surface area contributed by atoms with Crippen molar-refractivity contribution < 1.29 is 9.53 Å². The summed E-state index contributed by atoms with van der Waals surface area (Å²) in [6, 6.07) is 7.66. The summed E-state index contributed by atoms with van der Waals surface area (Å²) in [4.78, 5) is 11.9. The molecule has 1 aliphatic rings. The highest BCUT2D eigenvalue weighted by atomic mass is 16.5. The van der Waals surface area contributed by atoms with Crippen LogP contribution in [-0.4, -0.2) is 13.1 Å². The predicted octanol–water partition coefficient (Wildman–Crippen LogP) is 1.05. The van der Waals surface area contributed by atoms with Crippen LogP contribution in [-0.2, 0) is 16.1 Å². The maximum atomic E-state index is 10.4. The molecule has 0 N–H and O–H groups in total. The van der Waals surface area contributed by atoms with E-state index in [-0.39, 0.29) is 0 Å². The van der Waals surface area contributed by atoms with Crippen LogP contribution in [0.3, 0.4) is 0 Å². The molecule has 1 aromatic rings. The Hall–Kier alpha value is -1.35. The number of anilines is 1. The summed E-state index contributed by atoms with van der Waals surface area (Å²) >= 11 is 0. The van der Waals surface area contributed by atoms with Gasteiger partial charge in [0.1, 0.15) is 6.73 Å². The molecule has 12 heavy (non-hydrogen) atoms. The molecule has 1 aliphatic heterocycles. The Morgan fingerprint density at radius 3 is 3.08 bits per heavy atom. The first kappa shape index (κ1) is 7.31. The van der Waals surface area contributed by atoms with Gasteiger partial charge in [-0.1, -0.05) is 18.2 Å². The number of hydrogen-bond donors (Lipinski definition) is 0. The third kappa shape index (κ3) is 1.08. The smallest absolute Gasteiger partial charge is 0.318 e.